The minimum atomic E-state index is -0.242. The first-order valence-electron chi connectivity index (χ1n) is 3.14. The molecule has 0 unspecified atom stereocenters. The van der Waals surface area contributed by atoms with Crippen LogP contribution in [-0.2, 0) is 14.3 Å². The van der Waals surface area contributed by atoms with Crippen LogP contribution in [0.2, 0.25) is 0 Å². The molecule has 4 heteroatoms. The number of nitrogens with zero attached hydrogens (tertiary/aromatic N) is 1. The van der Waals surface area contributed by atoms with Crippen molar-refractivity contribution in [2.45, 2.75) is 0 Å². The Morgan fingerprint density at radius 2 is 2.50 bits per heavy atom. The van der Waals surface area contributed by atoms with E-state index in [9.17, 15) is 9.59 Å². The van der Waals surface area contributed by atoms with Gasteiger partial charge in [0.2, 0.25) is 0 Å². The lowest BCUT2D eigenvalue weighted by Gasteiger charge is -2.22. The van der Waals surface area contributed by atoms with Crippen molar-refractivity contribution in [1.29, 1.82) is 0 Å². The fourth-order valence-corrected chi connectivity index (χ4v) is 0.857. The van der Waals surface area contributed by atoms with Gasteiger partial charge in [0, 0.05) is 6.54 Å². The Kier molecular flexibility index (Phi) is 2.39. The maximum atomic E-state index is 10.6. The van der Waals surface area contributed by atoms with Crippen molar-refractivity contribution in [2.24, 2.45) is 0 Å². The molecule has 0 aromatic heterocycles. The van der Waals surface area contributed by atoms with Gasteiger partial charge in [0.25, 0.3) is 0 Å². The molecule has 10 heavy (non-hydrogen) atoms. The number of hydrogen-bond donors (Lipinski definition) is 0. The molecule has 1 aliphatic rings. The van der Waals surface area contributed by atoms with Crippen LogP contribution in [0.1, 0.15) is 0 Å². The number of rotatable bonds is 2. The topological polar surface area (TPSA) is 46.6 Å². The number of aldehydes is 1. The van der Waals surface area contributed by atoms with Gasteiger partial charge < -0.3 is 9.53 Å². The second-order valence-electron chi connectivity index (χ2n) is 2.12. The molecule has 0 N–H and O–H groups in total. The third kappa shape index (κ3) is 1.80. The average molecular weight is 143 g/mol. The third-order valence-electron chi connectivity index (χ3n) is 1.36. The fraction of sp³-hybridized carbons (Fsp3) is 0.667. The zero-order valence-electron chi connectivity index (χ0n) is 5.58. The zero-order valence-corrected chi connectivity index (χ0v) is 5.58. The summed E-state index contributed by atoms with van der Waals surface area (Å²) in [6.45, 7) is 1.66. The zero-order chi connectivity index (χ0) is 7.40. The van der Waals surface area contributed by atoms with E-state index >= 15 is 0 Å². The summed E-state index contributed by atoms with van der Waals surface area (Å²) in [4.78, 5) is 22.3. The van der Waals surface area contributed by atoms with E-state index in [1.54, 1.807) is 4.90 Å². The molecule has 1 rings (SSSR count). The predicted octanol–water partition coefficient (Wildman–Crippen LogP) is -0.956. The van der Waals surface area contributed by atoms with Gasteiger partial charge in [-0.3, -0.25) is 9.69 Å². The van der Waals surface area contributed by atoms with Crippen LogP contribution in [0.5, 0.6) is 0 Å². The summed E-state index contributed by atoms with van der Waals surface area (Å²) in [5.41, 5.74) is 0. The maximum absolute atomic E-state index is 10.6. The number of ether oxygens (including phenoxy) is 1. The van der Waals surface area contributed by atoms with Crippen molar-refractivity contribution in [3.05, 3.63) is 0 Å². The SMILES string of the molecule is O=CCN1CCOC(=O)C1. The minimum absolute atomic E-state index is 0.242. The minimum Gasteiger partial charge on any atom is -0.463 e. The molecular formula is C6H9NO3. The lowest BCUT2D eigenvalue weighted by atomic mass is 10.4. The first kappa shape index (κ1) is 7.21. The Morgan fingerprint density at radius 3 is 3.10 bits per heavy atom. The molecule has 1 saturated heterocycles. The van der Waals surface area contributed by atoms with E-state index in [-0.39, 0.29) is 12.5 Å². The first-order valence-corrected chi connectivity index (χ1v) is 3.14. The number of carbonyl (C=O) groups excluding carboxylic acids is 2. The molecule has 0 atom stereocenters. The van der Waals surface area contributed by atoms with Gasteiger partial charge in [-0.1, -0.05) is 0 Å². The highest BCUT2D eigenvalue weighted by Crippen LogP contribution is 1.95. The van der Waals surface area contributed by atoms with Crippen LogP contribution >= 0.6 is 0 Å². The molecule has 0 aliphatic carbocycles. The Balaban J connectivity index is 2.31. The monoisotopic (exact) mass is 143 g/mol. The highest BCUT2D eigenvalue weighted by atomic mass is 16.5. The van der Waals surface area contributed by atoms with Gasteiger partial charge in [0.1, 0.15) is 12.9 Å². The third-order valence-corrected chi connectivity index (χ3v) is 1.36. The van der Waals surface area contributed by atoms with Gasteiger partial charge in [0.05, 0.1) is 13.1 Å². The molecule has 1 fully saturated rings. The summed E-state index contributed by atoms with van der Waals surface area (Å²) in [6, 6.07) is 0. The summed E-state index contributed by atoms with van der Waals surface area (Å²) in [7, 11) is 0. The van der Waals surface area contributed by atoms with Crippen molar-refractivity contribution in [2.75, 3.05) is 26.2 Å². The van der Waals surface area contributed by atoms with Gasteiger partial charge >= 0.3 is 5.97 Å². The second-order valence-corrected chi connectivity index (χ2v) is 2.12. The largest absolute Gasteiger partial charge is 0.463 e. The normalized spacial score (nSPS) is 20.2. The molecule has 0 spiro atoms. The summed E-state index contributed by atoms with van der Waals surface area (Å²) in [6.07, 6.45) is 0.790. The van der Waals surface area contributed by atoms with Crippen LogP contribution in [0.25, 0.3) is 0 Å². The summed E-state index contributed by atoms with van der Waals surface area (Å²) in [5.74, 6) is -0.242. The van der Waals surface area contributed by atoms with E-state index in [0.717, 1.165) is 6.29 Å². The van der Waals surface area contributed by atoms with E-state index in [2.05, 4.69) is 4.74 Å². The highest BCUT2D eigenvalue weighted by Gasteiger charge is 2.16. The van der Waals surface area contributed by atoms with E-state index < -0.39 is 0 Å². The summed E-state index contributed by atoms with van der Waals surface area (Å²) in [5, 5.41) is 0. The summed E-state index contributed by atoms with van der Waals surface area (Å²) < 4.78 is 4.66. The van der Waals surface area contributed by atoms with Gasteiger partial charge in [-0.25, -0.2) is 0 Å². The van der Waals surface area contributed by atoms with Crippen molar-refractivity contribution in [1.82, 2.24) is 4.90 Å². The molecule has 0 aromatic rings. The Labute approximate surface area is 58.8 Å². The van der Waals surface area contributed by atoms with Gasteiger partial charge in [-0.2, -0.15) is 0 Å². The predicted molar refractivity (Wildman–Crippen MR) is 33.5 cm³/mol. The number of esters is 1. The molecular weight excluding hydrogens is 134 g/mol. The lowest BCUT2D eigenvalue weighted by molar-refractivity contribution is -0.150. The molecule has 56 valence electrons. The van der Waals surface area contributed by atoms with Crippen LogP contribution in [0.4, 0.5) is 0 Å². The fourth-order valence-electron chi connectivity index (χ4n) is 0.857. The molecule has 0 amide bonds. The Morgan fingerprint density at radius 1 is 1.70 bits per heavy atom. The molecule has 0 bridgehead atoms. The lowest BCUT2D eigenvalue weighted by Crippen LogP contribution is -2.40. The van der Waals surface area contributed by atoms with E-state index in [1.165, 1.54) is 0 Å². The van der Waals surface area contributed by atoms with Crippen LogP contribution in [-0.4, -0.2) is 43.4 Å². The number of hydrogen-bond acceptors (Lipinski definition) is 4. The van der Waals surface area contributed by atoms with Crippen LogP contribution in [0.3, 0.4) is 0 Å². The van der Waals surface area contributed by atoms with Crippen LogP contribution in [0, 0.1) is 0 Å². The van der Waals surface area contributed by atoms with Gasteiger partial charge in [0.15, 0.2) is 0 Å². The van der Waals surface area contributed by atoms with Crippen molar-refractivity contribution < 1.29 is 14.3 Å². The molecule has 0 radical (unpaired) electrons. The number of cyclic esters (lactones) is 1. The quantitative estimate of drug-likeness (QED) is 0.369. The van der Waals surface area contributed by atoms with Crippen molar-refractivity contribution in [3.8, 4) is 0 Å². The summed E-state index contributed by atoms with van der Waals surface area (Å²) >= 11 is 0. The van der Waals surface area contributed by atoms with E-state index in [4.69, 9.17) is 0 Å². The molecule has 0 saturated carbocycles. The number of carbonyl (C=O) groups is 2. The smallest absolute Gasteiger partial charge is 0.320 e. The maximum Gasteiger partial charge on any atom is 0.320 e. The second kappa shape index (κ2) is 3.31. The first-order chi connectivity index (χ1) is 4.83. The van der Waals surface area contributed by atoms with Gasteiger partial charge in [-0.15, -0.1) is 0 Å². The van der Waals surface area contributed by atoms with Crippen molar-refractivity contribution >= 4 is 12.3 Å². The Hall–Kier alpha value is -0.900. The standard InChI is InChI=1S/C6H9NO3/c8-3-1-7-2-4-10-6(9)5-7/h3H,1-2,4-5H2. The molecule has 1 aliphatic heterocycles. The number of morpholine rings is 1. The van der Waals surface area contributed by atoms with E-state index in [0.29, 0.717) is 19.7 Å². The van der Waals surface area contributed by atoms with Crippen LogP contribution in [0.15, 0.2) is 0 Å². The van der Waals surface area contributed by atoms with E-state index in [1.807, 2.05) is 0 Å². The Bertz CT molecular complexity index is 146. The highest BCUT2D eigenvalue weighted by molar-refractivity contribution is 5.72. The molecule has 0 aromatic carbocycles. The van der Waals surface area contributed by atoms with Crippen molar-refractivity contribution in [3.63, 3.8) is 0 Å². The average Bonchev–Trinajstić information content (AvgIpc) is 1.88. The van der Waals surface area contributed by atoms with Gasteiger partial charge in [-0.05, 0) is 0 Å². The van der Waals surface area contributed by atoms with Crippen LogP contribution < -0.4 is 0 Å². The molecule has 1 heterocycles. The molecule has 4 nitrogen and oxygen atoms in total.